The van der Waals surface area contributed by atoms with Crippen LogP contribution in [0.25, 0.3) is 0 Å². The second-order valence-corrected chi connectivity index (χ2v) is 5.82. The molecule has 0 aromatic carbocycles. The Hall–Kier alpha value is -1.46. The second kappa shape index (κ2) is 10.3. The minimum absolute atomic E-state index is 0.0113. The summed E-state index contributed by atoms with van der Waals surface area (Å²) in [6, 6.07) is 0. The lowest BCUT2D eigenvalue weighted by molar-refractivity contribution is -0.777. The highest BCUT2D eigenvalue weighted by atomic mass is 16.4. The van der Waals surface area contributed by atoms with Gasteiger partial charge in [0.1, 0.15) is 12.7 Å². The maximum atomic E-state index is 11.1. The van der Waals surface area contributed by atoms with Crippen molar-refractivity contribution in [2.24, 2.45) is 10.7 Å². The zero-order valence-electron chi connectivity index (χ0n) is 13.7. The van der Waals surface area contributed by atoms with Gasteiger partial charge in [0.25, 0.3) is 0 Å². The predicted molar refractivity (Wildman–Crippen MR) is 90.4 cm³/mol. The zero-order chi connectivity index (χ0) is 16.3. The fourth-order valence-corrected chi connectivity index (χ4v) is 2.75. The van der Waals surface area contributed by atoms with E-state index in [1.807, 2.05) is 6.20 Å². The van der Waals surface area contributed by atoms with Gasteiger partial charge in [-0.15, -0.1) is 0 Å². The molecule has 3 N–H and O–H groups in total. The number of allylic oxidation sites excluding steroid dienone is 1. The summed E-state index contributed by atoms with van der Waals surface area (Å²) in [5, 5.41) is 9.13. The molecular formula is C17H30N3O2+. The fraction of sp³-hybridized carbons (Fsp3) is 0.647. The highest BCUT2D eigenvalue weighted by molar-refractivity contribution is 5.82. The van der Waals surface area contributed by atoms with Crippen LogP contribution in [0.15, 0.2) is 29.5 Å². The Morgan fingerprint density at radius 1 is 1.32 bits per heavy atom. The topological polar surface area (TPSA) is 75.7 Å². The number of carbonyl (C=O) groups is 1. The second-order valence-electron chi connectivity index (χ2n) is 5.82. The van der Waals surface area contributed by atoms with E-state index in [9.17, 15) is 4.79 Å². The Kier molecular flexibility index (Phi) is 8.70. The van der Waals surface area contributed by atoms with Crippen LogP contribution in [0.2, 0.25) is 0 Å². The third-order valence-corrected chi connectivity index (χ3v) is 3.98. The van der Waals surface area contributed by atoms with E-state index >= 15 is 0 Å². The quantitative estimate of drug-likeness (QED) is 0.330. The summed E-state index contributed by atoms with van der Waals surface area (Å²) in [5.41, 5.74) is 5.65. The molecule has 0 saturated carbocycles. The van der Waals surface area contributed by atoms with Crippen molar-refractivity contribution in [1.82, 2.24) is 0 Å². The first-order valence-electron chi connectivity index (χ1n) is 8.33. The molecule has 0 bridgehead atoms. The molecule has 1 aliphatic heterocycles. The molecule has 124 valence electrons. The predicted octanol–water partition coefficient (Wildman–Crippen LogP) is 3.04. The third-order valence-electron chi connectivity index (χ3n) is 3.98. The van der Waals surface area contributed by atoms with Crippen molar-refractivity contribution in [3.05, 3.63) is 24.6 Å². The SMILES string of the molecule is CCCCCCC/C=C/CC1=NC=C[N+]1(CCN)CC(=O)O. The average Bonchev–Trinajstić information content (AvgIpc) is 2.84. The molecular weight excluding hydrogens is 278 g/mol. The molecule has 1 rings (SSSR count). The molecule has 0 amide bonds. The molecule has 1 unspecified atom stereocenters. The van der Waals surface area contributed by atoms with Gasteiger partial charge < -0.3 is 10.8 Å². The summed E-state index contributed by atoms with van der Waals surface area (Å²) in [6.07, 6.45) is 16.0. The number of rotatable bonds is 12. The monoisotopic (exact) mass is 308 g/mol. The van der Waals surface area contributed by atoms with Crippen LogP contribution >= 0.6 is 0 Å². The highest BCUT2D eigenvalue weighted by Gasteiger charge is 2.36. The van der Waals surface area contributed by atoms with Crippen molar-refractivity contribution in [2.75, 3.05) is 19.6 Å². The third kappa shape index (κ3) is 6.12. The number of aliphatic carboxylic acids is 1. The number of hydrogen-bond donors (Lipinski definition) is 2. The lowest BCUT2D eigenvalue weighted by Crippen LogP contribution is -2.52. The number of carboxylic acids is 1. The number of amidine groups is 1. The Morgan fingerprint density at radius 3 is 2.77 bits per heavy atom. The number of aliphatic imine (C=N–C) groups is 1. The van der Waals surface area contributed by atoms with Gasteiger partial charge in [-0.25, -0.2) is 14.3 Å². The molecule has 1 atom stereocenters. The maximum Gasteiger partial charge on any atom is 0.360 e. The molecule has 0 aliphatic carbocycles. The number of nitrogens with two attached hydrogens (primary N) is 1. The minimum atomic E-state index is -0.826. The van der Waals surface area contributed by atoms with Crippen molar-refractivity contribution >= 4 is 11.8 Å². The number of hydrogen-bond acceptors (Lipinski definition) is 3. The number of unbranched alkanes of at least 4 members (excludes halogenated alkanes) is 5. The number of nitrogens with zero attached hydrogens (tertiary/aromatic N) is 2. The van der Waals surface area contributed by atoms with Crippen LogP contribution in [0.4, 0.5) is 0 Å². The summed E-state index contributed by atoms with van der Waals surface area (Å²) in [5.74, 6) is 0.0442. The maximum absolute atomic E-state index is 11.1. The molecule has 0 spiro atoms. The molecule has 1 aliphatic rings. The summed E-state index contributed by atoms with van der Waals surface area (Å²) in [4.78, 5) is 15.5. The first kappa shape index (κ1) is 18.6. The van der Waals surface area contributed by atoms with Gasteiger partial charge in [-0.2, -0.15) is 0 Å². The van der Waals surface area contributed by atoms with Crippen LogP contribution in [0.1, 0.15) is 51.9 Å². The lowest BCUT2D eigenvalue weighted by atomic mass is 10.1. The van der Waals surface area contributed by atoms with Gasteiger partial charge in [-0.05, 0) is 12.8 Å². The van der Waals surface area contributed by atoms with Crippen LogP contribution in [-0.4, -0.2) is 41.0 Å². The van der Waals surface area contributed by atoms with E-state index in [2.05, 4.69) is 24.1 Å². The summed E-state index contributed by atoms with van der Waals surface area (Å²) in [7, 11) is 0. The standard InChI is InChI=1S/C17H29N3O2/c1-2-3-4-5-6-7-8-9-10-16-19-12-14-20(16,13-11-18)15-17(21)22/h8-9,12,14H,2-7,10-11,13,15,18H2,1H3/p+1/b9-8+. The van der Waals surface area contributed by atoms with Gasteiger partial charge in [0.2, 0.25) is 5.84 Å². The van der Waals surface area contributed by atoms with E-state index < -0.39 is 5.97 Å². The normalized spacial score (nSPS) is 20.7. The molecule has 0 aromatic heterocycles. The van der Waals surface area contributed by atoms with E-state index in [1.165, 1.54) is 32.1 Å². The summed E-state index contributed by atoms with van der Waals surface area (Å²) in [6.45, 7) is 3.25. The van der Waals surface area contributed by atoms with Gasteiger partial charge in [0.05, 0.1) is 12.6 Å². The van der Waals surface area contributed by atoms with Gasteiger partial charge in [-0.1, -0.05) is 44.8 Å². The largest absolute Gasteiger partial charge is 0.477 e. The van der Waals surface area contributed by atoms with E-state index in [4.69, 9.17) is 10.8 Å². The Bertz CT molecular complexity index is 430. The molecule has 5 heteroatoms. The Morgan fingerprint density at radius 2 is 2.09 bits per heavy atom. The van der Waals surface area contributed by atoms with Crippen molar-refractivity contribution < 1.29 is 14.4 Å². The molecule has 0 fully saturated rings. The Labute approximate surface area is 133 Å². The van der Waals surface area contributed by atoms with E-state index in [1.54, 1.807) is 6.20 Å². The Balaban J connectivity index is 2.41. The van der Waals surface area contributed by atoms with E-state index in [-0.39, 0.29) is 11.0 Å². The summed E-state index contributed by atoms with van der Waals surface area (Å²) >= 11 is 0. The van der Waals surface area contributed by atoms with Crippen LogP contribution < -0.4 is 5.73 Å². The zero-order valence-corrected chi connectivity index (χ0v) is 13.7. The molecule has 1 heterocycles. The van der Waals surface area contributed by atoms with Gasteiger partial charge in [0, 0.05) is 6.54 Å². The van der Waals surface area contributed by atoms with Crippen molar-refractivity contribution in [3.8, 4) is 0 Å². The lowest BCUT2D eigenvalue weighted by Gasteiger charge is -2.29. The fourth-order valence-electron chi connectivity index (χ4n) is 2.75. The van der Waals surface area contributed by atoms with Crippen LogP contribution in [0.3, 0.4) is 0 Å². The van der Waals surface area contributed by atoms with Crippen LogP contribution in [0, 0.1) is 0 Å². The van der Waals surface area contributed by atoms with Gasteiger partial charge in [-0.3, -0.25) is 0 Å². The first-order valence-corrected chi connectivity index (χ1v) is 8.33. The average molecular weight is 308 g/mol. The van der Waals surface area contributed by atoms with E-state index in [0.717, 1.165) is 12.3 Å². The molecule has 0 saturated heterocycles. The molecule has 5 nitrogen and oxygen atoms in total. The van der Waals surface area contributed by atoms with Crippen molar-refractivity contribution in [1.29, 1.82) is 0 Å². The van der Waals surface area contributed by atoms with E-state index in [0.29, 0.717) is 19.5 Å². The minimum Gasteiger partial charge on any atom is -0.477 e. The highest BCUT2D eigenvalue weighted by Crippen LogP contribution is 2.19. The molecule has 0 radical (unpaired) electrons. The van der Waals surface area contributed by atoms with Crippen LogP contribution in [0.5, 0.6) is 0 Å². The van der Waals surface area contributed by atoms with Crippen molar-refractivity contribution in [2.45, 2.75) is 51.9 Å². The summed E-state index contributed by atoms with van der Waals surface area (Å²) < 4.78 is 0.257. The van der Waals surface area contributed by atoms with Crippen LogP contribution in [-0.2, 0) is 4.79 Å². The van der Waals surface area contributed by atoms with Crippen molar-refractivity contribution in [3.63, 3.8) is 0 Å². The van der Waals surface area contributed by atoms with Gasteiger partial charge >= 0.3 is 5.97 Å². The number of carboxylic acid groups (broad SMARTS) is 1. The molecule has 22 heavy (non-hydrogen) atoms. The first-order chi connectivity index (χ1) is 10.6. The smallest absolute Gasteiger partial charge is 0.360 e. The number of quaternary nitrogens is 1. The van der Waals surface area contributed by atoms with Gasteiger partial charge in [0.15, 0.2) is 6.54 Å². The molecule has 0 aromatic rings.